The summed E-state index contributed by atoms with van der Waals surface area (Å²) in [5.74, 6) is 0.975. The number of rotatable bonds is 6. The molecule has 1 aromatic rings. The number of benzene rings is 1. The predicted octanol–water partition coefficient (Wildman–Crippen LogP) is 3.29. The highest BCUT2D eigenvalue weighted by atomic mass is 16.2. The molecule has 2 aliphatic rings. The van der Waals surface area contributed by atoms with Crippen LogP contribution in [0.4, 0.5) is 10.5 Å². The van der Waals surface area contributed by atoms with Gasteiger partial charge in [0.25, 0.3) is 5.91 Å². The van der Waals surface area contributed by atoms with Crippen molar-refractivity contribution in [3.8, 4) is 0 Å². The van der Waals surface area contributed by atoms with E-state index in [0.29, 0.717) is 36.2 Å². The molecular formula is C19H27N3O2. The van der Waals surface area contributed by atoms with Crippen molar-refractivity contribution in [3.05, 3.63) is 29.8 Å². The van der Waals surface area contributed by atoms with E-state index in [0.717, 1.165) is 12.8 Å². The third-order valence-electron chi connectivity index (χ3n) is 5.12. The van der Waals surface area contributed by atoms with Crippen LogP contribution in [-0.2, 0) is 0 Å². The number of carbonyl (C=O) groups excluding carboxylic acids is 2. The molecule has 3 amide bonds. The van der Waals surface area contributed by atoms with Crippen molar-refractivity contribution in [1.82, 2.24) is 5.32 Å². The van der Waals surface area contributed by atoms with Crippen LogP contribution in [0.5, 0.6) is 0 Å². The van der Waals surface area contributed by atoms with Crippen LogP contribution in [0.1, 0.15) is 55.3 Å². The topological polar surface area (TPSA) is 75.4 Å². The Balaban J connectivity index is 1.69. The van der Waals surface area contributed by atoms with Crippen LogP contribution < -0.4 is 16.0 Å². The SMILES string of the molecule is NC(=O)N(CC1CC1)c1ccccc1C(=O)NCC1CCCCC1. The highest BCUT2D eigenvalue weighted by Gasteiger charge is 2.28. The van der Waals surface area contributed by atoms with Gasteiger partial charge in [-0.3, -0.25) is 9.69 Å². The van der Waals surface area contributed by atoms with E-state index in [2.05, 4.69) is 5.32 Å². The summed E-state index contributed by atoms with van der Waals surface area (Å²) in [6.45, 7) is 1.31. The zero-order valence-electron chi connectivity index (χ0n) is 14.2. The molecule has 0 atom stereocenters. The Bertz CT molecular complexity index is 592. The molecule has 2 saturated carbocycles. The van der Waals surface area contributed by atoms with Gasteiger partial charge in [-0.2, -0.15) is 0 Å². The Hall–Kier alpha value is -2.04. The largest absolute Gasteiger partial charge is 0.352 e. The van der Waals surface area contributed by atoms with Gasteiger partial charge in [-0.1, -0.05) is 31.4 Å². The van der Waals surface area contributed by atoms with Gasteiger partial charge in [0.2, 0.25) is 0 Å². The zero-order chi connectivity index (χ0) is 16.9. The van der Waals surface area contributed by atoms with E-state index in [1.165, 1.54) is 32.1 Å². The van der Waals surface area contributed by atoms with Crippen molar-refractivity contribution in [2.75, 3.05) is 18.0 Å². The number of hydrogen-bond donors (Lipinski definition) is 2. The average molecular weight is 329 g/mol. The molecule has 2 aliphatic carbocycles. The number of primary amides is 1. The first-order valence-electron chi connectivity index (χ1n) is 9.09. The van der Waals surface area contributed by atoms with E-state index in [1.807, 2.05) is 18.2 Å². The summed E-state index contributed by atoms with van der Waals surface area (Å²) in [4.78, 5) is 26.1. The number of nitrogens with two attached hydrogens (primary N) is 1. The molecule has 2 fully saturated rings. The second-order valence-electron chi connectivity index (χ2n) is 7.12. The molecule has 5 heteroatoms. The number of para-hydroxylation sites is 1. The van der Waals surface area contributed by atoms with E-state index in [-0.39, 0.29) is 5.91 Å². The summed E-state index contributed by atoms with van der Waals surface area (Å²) in [7, 11) is 0. The maximum atomic E-state index is 12.6. The Morgan fingerprint density at radius 3 is 2.42 bits per heavy atom. The van der Waals surface area contributed by atoms with Crippen molar-refractivity contribution < 1.29 is 9.59 Å². The van der Waals surface area contributed by atoms with Crippen LogP contribution in [0.3, 0.4) is 0 Å². The first kappa shape index (κ1) is 16.8. The molecular weight excluding hydrogens is 302 g/mol. The maximum Gasteiger partial charge on any atom is 0.319 e. The second-order valence-corrected chi connectivity index (χ2v) is 7.12. The van der Waals surface area contributed by atoms with Gasteiger partial charge in [-0.05, 0) is 49.7 Å². The van der Waals surface area contributed by atoms with E-state index >= 15 is 0 Å². The zero-order valence-corrected chi connectivity index (χ0v) is 14.2. The Morgan fingerprint density at radius 1 is 1.04 bits per heavy atom. The minimum Gasteiger partial charge on any atom is -0.352 e. The molecule has 3 rings (SSSR count). The molecule has 0 aliphatic heterocycles. The molecule has 0 bridgehead atoms. The predicted molar refractivity (Wildman–Crippen MR) is 95.0 cm³/mol. The molecule has 0 radical (unpaired) electrons. The molecule has 3 N–H and O–H groups in total. The summed E-state index contributed by atoms with van der Waals surface area (Å²) >= 11 is 0. The summed E-state index contributed by atoms with van der Waals surface area (Å²) in [5.41, 5.74) is 6.72. The quantitative estimate of drug-likeness (QED) is 0.840. The highest BCUT2D eigenvalue weighted by molar-refractivity contribution is 6.04. The van der Waals surface area contributed by atoms with Crippen LogP contribution in [0.25, 0.3) is 0 Å². The molecule has 5 nitrogen and oxygen atoms in total. The maximum absolute atomic E-state index is 12.6. The number of nitrogens with zero attached hydrogens (tertiary/aromatic N) is 1. The fourth-order valence-electron chi connectivity index (χ4n) is 3.49. The van der Waals surface area contributed by atoms with Crippen LogP contribution in [0.2, 0.25) is 0 Å². The molecule has 0 unspecified atom stereocenters. The number of anilines is 1. The van der Waals surface area contributed by atoms with Crippen molar-refractivity contribution in [2.45, 2.75) is 44.9 Å². The highest BCUT2D eigenvalue weighted by Crippen LogP contribution is 2.32. The molecule has 0 aromatic heterocycles. The molecule has 130 valence electrons. The van der Waals surface area contributed by atoms with Gasteiger partial charge in [0.1, 0.15) is 0 Å². The van der Waals surface area contributed by atoms with Gasteiger partial charge >= 0.3 is 6.03 Å². The summed E-state index contributed by atoms with van der Waals surface area (Å²) in [6.07, 6.45) is 8.46. The fraction of sp³-hybridized carbons (Fsp3) is 0.579. The monoisotopic (exact) mass is 329 g/mol. The van der Waals surface area contributed by atoms with Gasteiger partial charge < -0.3 is 11.1 Å². The lowest BCUT2D eigenvalue weighted by molar-refractivity contribution is 0.0944. The van der Waals surface area contributed by atoms with Crippen molar-refractivity contribution in [1.29, 1.82) is 0 Å². The van der Waals surface area contributed by atoms with Gasteiger partial charge in [0.05, 0.1) is 11.3 Å². The number of carbonyl (C=O) groups is 2. The standard InChI is InChI=1S/C19H27N3O2/c20-19(24)22(13-15-10-11-15)17-9-5-4-8-16(17)18(23)21-12-14-6-2-1-3-7-14/h4-5,8-9,14-15H,1-3,6-7,10-13H2,(H2,20,24)(H,21,23). The first-order chi connectivity index (χ1) is 11.6. The van der Waals surface area contributed by atoms with Gasteiger partial charge in [-0.15, -0.1) is 0 Å². The van der Waals surface area contributed by atoms with E-state index in [1.54, 1.807) is 11.0 Å². The minimum absolute atomic E-state index is 0.113. The van der Waals surface area contributed by atoms with Gasteiger partial charge in [0, 0.05) is 13.1 Å². The number of urea groups is 1. The van der Waals surface area contributed by atoms with E-state index < -0.39 is 6.03 Å². The summed E-state index contributed by atoms with van der Waals surface area (Å²) in [5, 5.41) is 3.05. The van der Waals surface area contributed by atoms with Crippen LogP contribution >= 0.6 is 0 Å². The third-order valence-corrected chi connectivity index (χ3v) is 5.12. The van der Waals surface area contributed by atoms with E-state index in [4.69, 9.17) is 5.73 Å². The van der Waals surface area contributed by atoms with Gasteiger partial charge in [0.15, 0.2) is 0 Å². The lowest BCUT2D eigenvalue weighted by Crippen LogP contribution is -2.39. The smallest absolute Gasteiger partial charge is 0.319 e. The lowest BCUT2D eigenvalue weighted by Gasteiger charge is -2.24. The Morgan fingerprint density at radius 2 is 1.75 bits per heavy atom. The lowest BCUT2D eigenvalue weighted by atomic mass is 9.89. The molecule has 1 aromatic carbocycles. The van der Waals surface area contributed by atoms with Crippen molar-refractivity contribution >= 4 is 17.6 Å². The first-order valence-corrected chi connectivity index (χ1v) is 9.09. The summed E-state index contributed by atoms with van der Waals surface area (Å²) < 4.78 is 0. The molecule has 0 spiro atoms. The van der Waals surface area contributed by atoms with E-state index in [9.17, 15) is 9.59 Å². The summed E-state index contributed by atoms with van der Waals surface area (Å²) in [6, 6.07) is 6.76. The van der Waals surface area contributed by atoms with Crippen molar-refractivity contribution in [2.24, 2.45) is 17.6 Å². The second kappa shape index (κ2) is 7.69. The minimum atomic E-state index is -0.491. The normalized spacial score (nSPS) is 18.2. The molecule has 24 heavy (non-hydrogen) atoms. The van der Waals surface area contributed by atoms with Crippen LogP contribution in [-0.4, -0.2) is 25.0 Å². The Labute approximate surface area is 143 Å². The number of amides is 3. The van der Waals surface area contributed by atoms with Crippen LogP contribution in [0, 0.1) is 11.8 Å². The number of hydrogen-bond acceptors (Lipinski definition) is 2. The van der Waals surface area contributed by atoms with Gasteiger partial charge in [-0.25, -0.2) is 4.79 Å². The molecule has 0 saturated heterocycles. The van der Waals surface area contributed by atoms with Crippen LogP contribution in [0.15, 0.2) is 24.3 Å². The number of nitrogens with one attached hydrogen (secondary N) is 1. The Kier molecular flexibility index (Phi) is 5.38. The van der Waals surface area contributed by atoms with Crippen molar-refractivity contribution in [3.63, 3.8) is 0 Å². The average Bonchev–Trinajstić information content (AvgIpc) is 3.42. The molecule has 0 heterocycles. The third kappa shape index (κ3) is 4.28. The fourth-order valence-corrected chi connectivity index (χ4v) is 3.49.